The first kappa shape index (κ1) is 17.2. The third-order valence-electron chi connectivity index (χ3n) is 3.90. The van der Waals surface area contributed by atoms with Gasteiger partial charge in [0.2, 0.25) is 5.91 Å². The maximum absolute atomic E-state index is 12.6. The summed E-state index contributed by atoms with van der Waals surface area (Å²) in [6, 6.07) is 7.09. The zero-order valence-corrected chi connectivity index (χ0v) is 15.8. The highest BCUT2D eigenvalue weighted by Gasteiger charge is 2.42. The maximum atomic E-state index is 12.6. The van der Waals surface area contributed by atoms with Crippen LogP contribution < -0.4 is 0 Å². The Morgan fingerprint density at radius 2 is 2.21 bits per heavy atom. The van der Waals surface area contributed by atoms with E-state index in [1.165, 1.54) is 11.8 Å². The Hall–Kier alpha value is -1.60. The van der Waals surface area contributed by atoms with Crippen molar-refractivity contribution in [2.24, 2.45) is 4.99 Å². The number of benzene rings is 1. The first-order chi connectivity index (χ1) is 11.5. The molecule has 0 aromatic heterocycles. The van der Waals surface area contributed by atoms with Crippen molar-refractivity contribution in [1.82, 2.24) is 4.90 Å². The summed E-state index contributed by atoms with van der Waals surface area (Å²) in [6.07, 6.45) is 0.430. The molecule has 0 bridgehead atoms. The molecular formula is C17H17BrN2O3S. The number of aliphatic imine (C=N–C) groups is 1. The van der Waals surface area contributed by atoms with Gasteiger partial charge in [-0.15, -0.1) is 0 Å². The Bertz CT molecular complexity index is 760. The molecule has 1 fully saturated rings. The second kappa shape index (κ2) is 7.11. The number of amidine groups is 1. The van der Waals surface area contributed by atoms with Crippen LogP contribution in [0.2, 0.25) is 0 Å². The summed E-state index contributed by atoms with van der Waals surface area (Å²) in [4.78, 5) is 31.3. The lowest BCUT2D eigenvalue weighted by molar-refractivity contribution is -0.139. The van der Waals surface area contributed by atoms with Gasteiger partial charge < -0.3 is 4.74 Å². The molecule has 1 unspecified atom stereocenters. The molecule has 0 N–H and O–H groups in total. The average molecular weight is 409 g/mol. The van der Waals surface area contributed by atoms with Gasteiger partial charge in [-0.2, -0.15) is 0 Å². The number of rotatable bonds is 3. The normalized spacial score (nSPS) is 20.6. The summed E-state index contributed by atoms with van der Waals surface area (Å²) in [6.45, 7) is 3.83. The van der Waals surface area contributed by atoms with Gasteiger partial charge in [-0.3, -0.25) is 9.69 Å². The molecule has 3 rings (SSSR count). The molecule has 5 nitrogen and oxygen atoms in total. The number of carbonyl (C=O) groups is 2. The predicted molar refractivity (Wildman–Crippen MR) is 97.6 cm³/mol. The van der Waals surface area contributed by atoms with Crippen molar-refractivity contribution in [1.29, 1.82) is 0 Å². The summed E-state index contributed by atoms with van der Waals surface area (Å²) in [5.41, 5.74) is 1.87. The largest absolute Gasteiger partial charge is 0.463 e. The molecule has 1 aromatic carbocycles. The Morgan fingerprint density at radius 3 is 2.92 bits per heavy atom. The Balaban J connectivity index is 2.18. The minimum Gasteiger partial charge on any atom is -0.463 e. The molecule has 0 aliphatic carbocycles. The van der Waals surface area contributed by atoms with Crippen molar-refractivity contribution < 1.29 is 14.3 Å². The number of esters is 1. The van der Waals surface area contributed by atoms with Gasteiger partial charge in [0.15, 0.2) is 5.17 Å². The molecular weight excluding hydrogens is 392 g/mol. The zero-order chi connectivity index (χ0) is 17.3. The highest BCUT2D eigenvalue weighted by Crippen LogP contribution is 2.42. The van der Waals surface area contributed by atoms with E-state index < -0.39 is 12.0 Å². The fourth-order valence-electron chi connectivity index (χ4n) is 2.86. The molecule has 2 aliphatic heterocycles. The van der Waals surface area contributed by atoms with E-state index in [9.17, 15) is 9.59 Å². The molecule has 24 heavy (non-hydrogen) atoms. The Kier molecular flexibility index (Phi) is 5.10. The molecule has 1 saturated heterocycles. The number of allylic oxidation sites excluding steroid dienone is 1. The molecule has 7 heteroatoms. The summed E-state index contributed by atoms with van der Waals surface area (Å²) in [5.74, 6) is 0.253. The third-order valence-corrected chi connectivity index (χ3v) is 5.58. The van der Waals surface area contributed by atoms with Crippen molar-refractivity contribution in [2.45, 2.75) is 26.3 Å². The summed E-state index contributed by atoms with van der Waals surface area (Å²) >= 11 is 5.08. The van der Waals surface area contributed by atoms with E-state index in [4.69, 9.17) is 4.74 Å². The number of amides is 1. The molecule has 1 atom stereocenters. The highest BCUT2D eigenvalue weighted by molar-refractivity contribution is 9.10. The van der Waals surface area contributed by atoms with E-state index in [0.29, 0.717) is 28.6 Å². The molecule has 0 saturated carbocycles. The summed E-state index contributed by atoms with van der Waals surface area (Å²) in [7, 11) is 0. The van der Waals surface area contributed by atoms with Crippen LogP contribution >= 0.6 is 27.7 Å². The molecule has 2 heterocycles. The minimum absolute atomic E-state index is 0.0254. The van der Waals surface area contributed by atoms with Gasteiger partial charge in [-0.1, -0.05) is 45.9 Å². The van der Waals surface area contributed by atoms with Crippen molar-refractivity contribution in [2.75, 3.05) is 12.4 Å². The maximum Gasteiger partial charge on any atom is 0.338 e. The number of hydrogen-bond donors (Lipinski definition) is 0. The lowest BCUT2D eigenvalue weighted by atomic mass is 9.94. The van der Waals surface area contributed by atoms with Crippen LogP contribution in [0.5, 0.6) is 0 Å². The summed E-state index contributed by atoms with van der Waals surface area (Å²) in [5, 5.41) is 0.651. The first-order valence-electron chi connectivity index (χ1n) is 7.70. The number of nitrogens with zero attached hydrogens (tertiary/aromatic N) is 2. The topological polar surface area (TPSA) is 59.0 Å². The van der Waals surface area contributed by atoms with E-state index in [-0.39, 0.29) is 12.5 Å². The van der Waals surface area contributed by atoms with Crippen molar-refractivity contribution in [3.63, 3.8) is 0 Å². The van der Waals surface area contributed by atoms with E-state index >= 15 is 0 Å². The smallest absolute Gasteiger partial charge is 0.338 e. The van der Waals surface area contributed by atoms with Crippen LogP contribution in [-0.4, -0.2) is 34.3 Å². The van der Waals surface area contributed by atoms with E-state index in [0.717, 1.165) is 10.0 Å². The van der Waals surface area contributed by atoms with Crippen LogP contribution in [0.25, 0.3) is 0 Å². The molecule has 2 aliphatic rings. The van der Waals surface area contributed by atoms with Crippen LogP contribution in [0.15, 0.2) is 45.0 Å². The van der Waals surface area contributed by atoms with Crippen LogP contribution in [-0.2, 0) is 14.3 Å². The van der Waals surface area contributed by atoms with E-state index in [1.54, 1.807) is 18.7 Å². The number of halogens is 1. The second-order valence-electron chi connectivity index (χ2n) is 5.40. The number of carbonyl (C=O) groups excluding carboxylic acids is 2. The van der Waals surface area contributed by atoms with Crippen LogP contribution in [0.4, 0.5) is 0 Å². The molecule has 126 valence electrons. The van der Waals surface area contributed by atoms with Crippen LogP contribution in [0, 0.1) is 0 Å². The molecule has 0 spiro atoms. The molecule has 1 amide bonds. The Labute approximate surface area is 153 Å². The SMILES string of the molecule is CCOC(=O)C1=C(C)N=C2SCCC(=O)N2C1c1ccccc1Br. The number of ether oxygens (including phenoxy) is 1. The predicted octanol–water partition coefficient (Wildman–Crippen LogP) is 3.66. The van der Waals surface area contributed by atoms with Crippen molar-refractivity contribution >= 4 is 44.7 Å². The van der Waals surface area contributed by atoms with Gasteiger partial charge in [-0.05, 0) is 25.5 Å². The van der Waals surface area contributed by atoms with Crippen molar-refractivity contribution in [3.8, 4) is 0 Å². The second-order valence-corrected chi connectivity index (χ2v) is 7.32. The molecule has 0 radical (unpaired) electrons. The van der Waals surface area contributed by atoms with Crippen molar-refractivity contribution in [3.05, 3.63) is 45.6 Å². The van der Waals surface area contributed by atoms with Crippen LogP contribution in [0.1, 0.15) is 31.9 Å². The lowest BCUT2D eigenvalue weighted by Crippen LogP contribution is -2.46. The van der Waals surface area contributed by atoms with E-state index in [2.05, 4.69) is 20.9 Å². The van der Waals surface area contributed by atoms with Gasteiger partial charge in [-0.25, -0.2) is 9.79 Å². The minimum atomic E-state index is -0.521. The number of hydrogen-bond acceptors (Lipinski definition) is 5. The highest BCUT2D eigenvalue weighted by atomic mass is 79.9. The quantitative estimate of drug-likeness (QED) is 0.715. The standard InChI is InChI=1S/C17H17BrN2O3S/c1-3-23-16(22)14-10(2)19-17-20(13(21)8-9-24-17)15(14)11-6-4-5-7-12(11)18/h4-7,15H,3,8-9H2,1-2H3. The van der Waals surface area contributed by atoms with Gasteiger partial charge in [0, 0.05) is 16.6 Å². The average Bonchev–Trinajstić information content (AvgIpc) is 2.54. The van der Waals surface area contributed by atoms with Crippen LogP contribution in [0.3, 0.4) is 0 Å². The first-order valence-corrected chi connectivity index (χ1v) is 9.48. The monoisotopic (exact) mass is 408 g/mol. The number of fused-ring (bicyclic) bond motifs is 1. The van der Waals surface area contributed by atoms with E-state index in [1.807, 2.05) is 24.3 Å². The zero-order valence-electron chi connectivity index (χ0n) is 13.4. The fraction of sp³-hybridized carbons (Fsp3) is 0.353. The lowest BCUT2D eigenvalue weighted by Gasteiger charge is -2.39. The third kappa shape index (κ3) is 3.02. The summed E-state index contributed by atoms with van der Waals surface area (Å²) < 4.78 is 6.07. The molecule has 1 aromatic rings. The Morgan fingerprint density at radius 1 is 1.46 bits per heavy atom. The fourth-order valence-corrected chi connectivity index (χ4v) is 4.37. The van der Waals surface area contributed by atoms with Gasteiger partial charge in [0.05, 0.1) is 23.9 Å². The van der Waals surface area contributed by atoms with Gasteiger partial charge in [0.1, 0.15) is 0 Å². The van der Waals surface area contributed by atoms with Gasteiger partial charge in [0.25, 0.3) is 0 Å². The number of thioether (sulfide) groups is 1. The van der Waals surface area contributed by atoms with Gasteiger partial charge >= 0.3 is 5.97 Å².